The quantitative estimate of drug-likeness (QED) is 0.849. The van der Waals surface area contributed by atoms with Crippen molar-refractivity contribution in [2.45, 2.75) is 25.8 Å². The zero-order chi connectivity index (χ0) is 17.8. The minimum atomic E-state index is -0.481. The number of rotatable bonds is 6. The molecule has 2 aromatic carbocycles. The Morgan fingerprint density at radius 3 is 2.52 bits per heavy atom. The van der Waals surface area contributed by atoms with Gasteiger partial charge in [-0.05, 0) is 49.4 Å². The smallest absolute Gasteiger partial charge is 0.251 e. The second kappa shape index (κ2) is 7.47. The fourth-order valence-corrected chi connectivity index (χ4v) is 2.79. The normalized spacial score (nSPS) is 14.6. The van der Waals surface area contributed by atoms with E-state index in [1.165, 1.54) is 23.8 Å². The van der Waals surface area contributed by atoms with Gasteiger partial charge < -0.3 is 10.6 Å². The summed E-state index contributed by atoms with van der Waals surface area (Å²) in [5, 5.41) is 5.54. The SMILES string of the molecule is Cc1ccc(C(NC(=O)CNC(=O)c2cccc(F)c2)C2CC2)cc1. The molecule has 1 saturated carbocycles. The highest BCUT2D eigenvalue weighted by Crippen LogP contribution is 2.40. The van der Waals surface area contributed by atoms with Crippen molar-refractivity contribution in [2.75, 3.05) is 6.54 Å². The molecule has 0 saturated heterocycles. The van der Waals surface area contributed by atoms with Gasteiger partial charge in [0.1, 0.15) is 5.82 Å². The second-order valence-corrected chi connectivity index (χ2v) is 6.49. The lowest BCUT2D eigenvalue weighted by atomic mass is 10.0. The first kappa shape index (κ1) is 17.1. The predicted molar refractivity (Wildman–Crippen MR) is 93.5 cm³/mol. The van der Waals surface area contributed by atoms with E-state index in [1.807, 2.05) is 31.2 Å². The second-order valence-electron chi connectivity index (χ2n) is 6.49. The van der Waals surface area contributed by atoms with Gasteiger partial charge in [0, 0.05) is 5.56 Å². The minimum Gasteiger partial charge on any atom is -0.347 e. The maximum Gasteiger partial charge on any atom is 0.251 e. The van der Waals surface area contributed by atoms with Crippen LogP contribution < -0.4 is 10.6 Å². The van der Waals surface area contributed by atoms with E-state index in [1.54, 1.807) is 0 Å². The predicted octanol–water partition coefficient (Wildman–Crippen LogP) is 3.13. The van der Waals surface area contributed by atoms with Gasteiger partial charge in [-0.25, -0.2) is 4.39 Å². The first-order chi connectivity index (χ1) is 12.0. The Hall–Kier alpha value is -2.69. The van der Waals surface area contributed by atoms with Crippen LogP contribution in [0, 0.1) is 18.7 Å². The number of carbonyl (C=O) groups is 2. The molecule has 3 rings (SSSR count). The fraction of sp³-hybridized carbons (Fsp3) is 0.300. The summed E-state index contributed by atoms with van der Waals surface area (Å²) >= 11 is 0. The van der Waals surface area contributed by atoms with Crippen LogP contribution in [0.1, 0.15) is 40.4 Å². The van der Waals surface area contributed by atoms with Crippen molar-refractivity contribution in [1.82, 2.24) is 10.6 Å². The third kappa shape index (κ3) is 4.66. The van der Waals surface area contributed by atoms with Gasteiger partial charge in [-0.3, -0.25) is 9.59 Å². The summed E-state index contributed by atoms with van der Waals surface area (Å²) in [5.41, 5.74) is 2.45. The molecule has 5 heteroatoms. The van der Waals surface area contributed by atoms with Crippen molar-refractivity contribution >= 4 is 11.8 Å². The minimum absolute atomic E-state index is 0.0285. The number of aryl methyl sites for hydroxylation is 1. The van der Waals surface area contributed by atoms with Crippen LogP contribution in [0.2, 0.25) is 0 Å². The number of benzene rings is 2. The largest absolute Gasteiger partial charge is 0.347 e. The topological polar surface area (TPSA) is 58.2 Å². The number of halogens is 1. The molecule has 0 bridgehead atoms. The summed E-state index contributed by atoms with van der Waals surface area (Å²) < 4.78 is 13.2. The summed E-state index contributed by atoms with van der Waals surface area (Å²) in [6.07, 6.45) is 2.18. The molecule has 1 aliphatic carbocycles. The first-order valence-electron chi connectivity index (χ1n) is 8.42. The van der Waals surface area contributed by atoms with Gasteiger partial charge in [0.05, 0.1) is 12.6 Å². The van der Waals surface area contributed by atoms with Crippen LogP contribution in [-0.2, 0) is 4.79 Å². The fourth-order valence-electron chi connectivity index (χ4n) is 2.79. The molecule has 0 heterocycles. The molecular weight excluding hydrogens is 319 g/mol. The van der Waals surface area contributed by atoms with E-state index < -0.39 is 11.7 Å². The lowest BCUT2D eigenvalue weighted by Crippen LogP contribution is -2.39. The summed E-state index contributed by atoms with van der Waals surface area (Å²) in [4.78, 5) is 24.2. The highest BCUT2D eigenvalue weighted by Gasteiger charge is 2.33. The molecule has 1 fully saturated rings. The number of amides is 2. The molecule has 25 heavy (non-hydrogen) atoms. The van der Waals surface area contributed by atoms with Gasteiger partial charge in [-0.1, -0.05) is 35.9 Å². The number of hydrogen-bond acceptors (Lipinski definition) is 2. The summed E-state index contributed by atoms with van der Waals surface area (Å²) in [6.45, 7) is 1.89. The van der Waals surface area contributed by atoms with Crippen LogP contribution in [0.5, 0.6) is 0 Å². The molecule has 1 atom stereocenters. The van der Waals surface area contributed by atoms with Gasteiger partial charge in [-0.15, -0.1) is 0 Å². The number of nitrogens with one attached hydrogen (secondary N) is 2. The van der Waals surface area contributed by atoms with Gasteiger partial charge in [0.15, 0.2) is 0 Å². The van der Waals surface area contributed by atoms with Crippen LogP contribution in [0.4, 0.5) is 4.39 Å². The van der Waals surface area contributed by atoms with Crippen LogP contribution in [0.25, 0.3) is 0 Å². The van der Waals surface area contributed by atoms with Gasteiger partial charge >= 0.3 is 0 Å². The monoisotopic (exact) mass is 340 g/mol. The van der Waals surface area contributed by atoms with E-state index >= 15 is 0 Å². The van der Waals surface area contributed by atoms with Crippen molar-refractivity contribution in [3.05, 3.63) is 71.0 Å². The Bertz CT molecular complexity index is 770. The van der Waals surface area contributed by atoms with Crippen molar-refractivity contribution in [1.29, 1.82) is 0 Å². The van der Waals surface area contributed by atoms with Crippen molar-refractivity contribution in [2.24, 2.45) is 5.92 Å². The third-order valence-electron chi connectivity index (χ3n) is 4.34. The van der Waals surface area contributed by atoms with Crippen LogP contribution in [0.15, 0.2) is 48.5 Å². The van der Waals surface area contributed by atoms with Crippen molar-refractivity contribution < 1.29 is 14.0 Å². The van der Waals surface area contributed by atoms with Crippen molar-refractivity contribution in [3.8, 4) is 0 Å². The number of hydrogen-bond donors (Lipinski definition) is 2. The zero-order valence-corrected chi connectivity index (χ0v) is 14.1. The Kier molecular flexibility index (Phi) is 5.12. The van der Waals surface area contributed by atoms with E-state index in [-0.39, 0.29) is 24.1 Å². The zero-order valence-electron chi connectivity index (χ0n) is 14.1. The summed E-state index contributed by atoms with van der Waals surface area (Å²) in [6, 6.07) is 13.5. The Morgan fingerprint density at radius 2 is 1.88 bits per heavy atom. The van der Waals surface area contributed by atoms with Crippen molar-refractivity contribution in [3.63, 3.8) is 0 Å². The molecule has 0 spiro atoms. The van der Waals surface area contributed by atoms with Crippen LogP contribution in [0.3, 0.4) is 0 Å². The van der Waals surface area contributed by atoms with Crippen LogP contribution >= 0.6 is 0 Å². The molecule has 0 radical (unpaired) electrons. The van der Waals surface area contributed by atoms with Crippen LogP contribution in [-0.4, -0.2) is 18.4 Å². The highest BCUT2D eigenvalue weighted by molar-refractivity contribution is 5.96. The molecular formula is C20H21FN2O2. The Balaban J connectivity index is 1.57. The first-order valence-corrected chi connectivity index (χ1v) is 8.42. The van der Waals surface area contributed by atoms with E-state index in [4.69, 9.17) is 0 Å². The molecule has 2 aromatic rings. The molecule has 1 unspecified atom stereocenters. The van der Waals surface area contributed by atoms with Gasteiger partial charge in [0.2, 0.25) is 5.91 Å². The molecule has 0 aliphatic heterocycles. The molecule has 0 aromatic heterocycles. The number of carbonyl (C=O) groups excluding carboxylic acids is 2. The average molecular weight is 340 g/mol. The van der Waals surface area contributed by atoms with E-state index in [2.05, 4.69) is 10.6 Å². The van der Waals surface area contributed by atoms with E-state index in [0.29, 0.717) is 5.92 Å². The highest BCUT2D eigenvalue weighted by atomic mass is 19.1. The summed E-state index contributed by atoms with van der Waals surface area (Å²) in [5.74, 6) is -0.744. The molecule has 2 amide bonds. The molecule has 1 aliphatic rings. The Labute approximate surface area is 146 Å². The molecule has 2 N–H and O–H groups in total. The third-order valence-corrected chi connectivity index (χ3v) is 4.34. The Morgan fingerprint density at radius 1 is 1.16 bits per heavy atom. The molecule has 130 valence electrons. The van der Waals surface area contributed by atoms with Gasteiger partial charge in [-0.2, -0.15) is 0 Å². The average Bonchev–Trinajstić information content (AvgIpc) is 3.43. The standard InChI is InChI=1S/C20H21FN2O2/c1-13-5-7-14(8-6-13)19(15-9-10-15)23-18(24)12-22-20(25)16-3-2-4-17(21)11-16/h2-8,11,15,19H,9-10,12H2,1H3,(H,22,25)(H,23,24). The maximum atomic E-state index is 13.2. The van der Waals surface area contributed by atoms with E-state index in [9.17, 15) is 14.0 Å². The lowest BCUT2D eigenvalue weighted by Gasteiger charge is -2.19. The summed E-state index contributed by atoms with van der Waals surface area (Å²) in [7, 11) is 0. The molecule has 4 nitrogen and oxygen atoms in total. The van der Waals surface area contributed by atoms with Gasteiger partial charge in [0.25, 0.3) is 5.91 Å². The van der Waals surface area contributed by atoms with E-state index in [0.717, 1.165) is 24.5 Å². The maximum absolute atomic E-state index is 13.2. The lowest BCUT2D eigenvalue weighted by molar-refractivity contribution is -0.121.